The number of ether oxygens (including phenoxy) is 1. The van der Waals surface area contributed by atoms with Crippen LogP contribution >= 0.6 is 11.8 Å². The van der Waals surface area contributed by atoms with Gasteiger partial charge in [-0.1, -0.05) is 12.1 Å². The first-order valence-corrected chi connectivity index (χ1v) is 8.88. The molecule has 1 N–H and O–H groups in total. The molecule has 1 aromatic carbocycles. The van der Waals surface area contributed by atoms with Crippen molar-refractivity contribution in [2.45, 2.75) is 24.0 Å². The highest BCUT2D eigenvalue weighted by Crippen LogP contribution is 2.39. The second-order valence-electron chi connectivity index (χ2n) is 6.14. The lowest BCUT2D eigenvalue weighted by molar-refractivity contribution is -0.131. The number of carbonyl (C=O) groups is 2. The molecule has 1 aromatic rings. The predicted octanol–water partition coefficient (Wildman–Crippen LogP) is 2.05. The van der Waals surface area contributed by atoms with Crippen molar-refractivity contribution >= 4 is 23.6 Å². The van der Waals surface area contributed by atoms with Gasteiger partial charge >= 0.3 is 5.97 Å². The molecule has 0 bridgehead atoms. The van der Waals surface area contributed by atoms with Crippen LogP contribution in [-0.2, 0) is 16.0 Å². The third kappa shape index (κ3) is 3.87. The summed E-state index contributed by atoms with van der Waals surface area (Å²) in [5.41, 5.74) is 1.11. The maximum Gasteiger partial charge on any atom is 0.335 e. The van der Waals surface area contributed by atoms with Crippen molar-refractivity contribution in [1.82, 2.24) is 4.90 Å². The number of thioether (sulfide) groups is 1. The third-order valence-electron chi connectivity index (χ3n) is 4.56. The predicted molar refractivity (Wildman–Crippen MR) is 88.9 cm³/mol. The zero-order valence-electron chi connectivity index (χ0n) is 13.0. The molecular formula is C17H21NO4S. The van der Waals surface area contributed by atoms with Crippen LogP contribution in [0.2, 0.25) is 0 Å². The molecule has 1 spiro atoms. The highest BCUT2D eigenvalue weighted by Gasteiger charge is 2.39. The smallest absolute Gasteiger partial charge is 0.335 e. The second-order valence-corrected chi connectivity index (χ2v) is 7.70. The second kappa shape index (κ2) is 6.93. The fourth-order valence-corrected chi connectivity index (χ4v) is 4.60. The van der Waals surface area contributed by atoms with Gasteiger partial charge in [0.25, 0.3) is 0 Å². The Morgan fingerprint density at radius 2 is 1.91 bits per heavy atom. The minimum Gasteiger partial charge on any atom is -0.478 e. The van der Waals surface area contributed by atoms with E-state index in [2.05, 4.69) is 0 Å². The van der Waals surface area contributed by atoms with Crippen LogP contribution < -0.4 is 0 Å². The van der Waals surface area contributed by atoms with Crippen LogP contribution in [0, 0.1) is 0 Å². The first-order valence-electron chi connectivity index (χ1n) is 7.90. The van der Waals surface area contributed by atoms with Crippen LogP contribution in [0.4, 0.5) is 0 Å². The molecule has 2 saturated heterocycles. The fraction of sp³-hybridized carbons (Fsp3) is 0.529. The molecule has 6 heteroatoms. The van der Waals surface area contributed by atoms with Gasteiger partial charge in [-0.15, -0.1) is 0 Å². The lowest BCUT2D eigenvalue weighted by Crippen LogP contribution is -2.51. The lowest BCUT2D eigenvalue weighted by Gasteiger charge is -2.44. The minimum absolute atomic E-state index is 0.124. The van der Waals surface area contributed by atoms with Crippen molar-refractivity contribution in [2.75, 3.05) is 32.1 Å². The van der Waals surface area contributed by atoms with Gasteiger partial charge < -0.3 is 14.7 Å². The quantitative estimate of drug-likeness (QED) is 0.916. The number of nitrogens with zero attached hydrogens (tertiary/aromatic N) is 1. The van der Waals surface area contributed by atoms with E-state index < -0.39 is 5.97 Å². The van der Waals surface area contributed by atoms with Crippen molar-refractivity contribution in [2.24, 2.45) is 0 Å². The maximum absolute atomic E-state index is 12.6. The van der Waals surface area contributed by atoms with Crippen molar-refractivity contribution in [3.8, 4) is 0 Å². The van der Waals surface area contributed by atoms with E-state index in [0.717, 1.165) is 50.5 Å². The van der Waals surface area contributed by atoms with Gasteiger partial charge in [0.1, 0.15) is 0 Å². The van der Waals surface area contributed by atoms with E-state index in [0.29, 0.717) is 6.42 Å². The first-order chi connectivity index (χ1) is 11.1. The molecular weight excluding hydrogens is 314 g/mol. The summed E-state index contributed by atoms with van der Waals surface area (Å²) >= 11 is 1.98. The SMILES string of the molecule is O=C(O)c1ccc(CC(=O)N2CCSC3(CCOCC3)C2)cc1. The van der Waals surface area contributed by atoms with Crippen molar-refractivity contribution in [3.05, 3.63) is 35.4 Å². The van der Waals surface area contributed by atoms with Crippen LogP contribution in [0.25, 0.3) is 0 Å². The van der Waals surface area contributed by atoms with E-state index >= 15 is 0 Å². The Bertz CT molecular complexity index is 575. The average Bonchev–Trinajstić information content (AvgIpc) is 2.56. The molecule has 1 amide bonds. The number of carbonyl (C=O) groups excluding carboxylic acids is 1. The van der Waals surface area contributed by atoms with Gasteiger partial charge in [-0.25, -0.2) is 4.79 Å². The van der Waals surface area contributed by atoms with Gasteiger partial charge in [-0.3, -0.25) is 4.79 Å². The summed E-state index contributed by atoms with van der Waals surface area (Å²) in [6.07, 6.45) is 2.35. The topological polar surface area (TPSA) is 66.8 Å². The number of carboxylic acids is 1. The molecule has 3 rings (SSSR count). The molecule has 0 saturated carbocycles. The van der Waals surface area contributed by atoms with Crippen molar-refractivity contribution in [3.63, 3.8) is 0 Å². The van der Waals surface area contributed by atoms with Gasteiger partial charge in [0.05, 0.1) is 12.0 Å². The number of rotatable bonds is 3. The maximum atomic E-state index is 12.6. The van der Waals surface area contributed by atoms with Gasteiger partial charge in [-0.2, -0.15) is 11.8 Å². The number of hydrogen-bond acceptors (Lipinski definition) is 4. The van der Waals surface area contributed by atoms with Crippen LogP contribution in [0.15, 0.2) is 24.3 Å². The summed E-state index contributed by atoms with van der Waals surface area (Å²) in [5.74, 6) is 0.153. The van der Waals surface area contributed by atoms with E-state index in [1.807, 2.05) is 16.7 Å². The molecule has 0 aliphatic carbocycles. The fourth-order valence-electron chi connectivity index (χ4n) is 3.16. The molecule has 2 aliphatic heterocycles. The van der Waals surface area contributed by atoms with Crippen LogP contribution in [-0.4, -0.2) is 58.7 Å². The Hall–Kier alpha value is -1.53. The summed E-state index contributed by atoms with van der Waals surface area (Å²) < 4.78 is 5.62. The molecule has 2 aliphatic rings. The van der Waals surface area contributed by atoms with Crippen LogP contribution in [0.1, 0.15) is 28.8 Å². The van der Waals surface area contributed by atoms with E-state index in [1.165, 1.54) is 0 Å². The molecule has 2 fully saturated rings. The molecule has 0 aromatic heterocycles. The zero-order valence-corrected chi connectivity index (χ0v) is 13.8. The summed E-state index contributed by atoms with van der Waals surface area (Å²) in [4.78, 5) is 25.4. The standard InChI is InChI=1S/C17H21NO4S/c19-15(11-13-1-3-14(4-2-13)16(20)21)18-7-10-23-17(12-18)5-8-22-9-6-17/h1-4H,5-12H2,(H,20,21). The molecule has 0 radical (unpaired) electrons. The monoisotopic (exact) mass is 335 g/mol. The van der Waals surface area contributed by atoms with Gasteiger partial charge in [-0.05, 0) is 30.5 Å². The highest BCUT2D eigenvalue weighted by atomic mass is 32.2. The van der Waals surface area contributed by atoms with Crippen molar-refractivity contribution in [1.29, 1.82) is 0 Å². The minimum atomic E-state index is -0.947. The highest BCUT2D eigenvalue weighted by molar-refractivity contribution is 8.00. The molecule has 124 valence electrons. The van der Waals surface area contributed by atoms with Crippen LogP contribution in [0.5, 0.6) is 0 Å². The Morgan fingerprint density at radius 1 is 1.22 bits per heavy atom. The number of carboxylic acid groups (broad SMARTS) is 1. The van der Waals surface area contributed by atoms with Gasteiger partial charge in [0, 0.05) is 36.8 Å². The number of benzene rings is 1. The molecule has 5 nitrogen and oxygen atoms in total. The van der Waals surface area contributed by atoms with Gasteiger partial charge in [0.15, 0.2) is 0 Å². The van der Waals surface area contributed by atoms with Crippen molar-refractivity contribution < 1.29 is 19.4 Å². The van der Waals surface area contributed by atoms with Gasteiger partial charge in [0.2, 0.25) is 5.91 Å². The molecule has 23 heavy (non-hydrogen) atoms. The summed E-state index contributed by atoms with van der Waals surface area (Å²) in [7, 11) is 0. The Morgan fingerprint density at radius 3 is 2.57 bits per heavy atom. The number of amides is 1. The Balaban J connectivity index is 1.62. The third-order valence-corrected chi connectivity index (χ3v) is 6.10. The Kier molecular flexibility index (Phi) is 4.92. The summed E-state index contributed by atoms with van der Waals surface area (Å²) in [6.45, 7) is 3.16. The normalized spacial score (nSPS) is 20.4. The van der Waals surface area contributed by atoms with Crippen LogP contribution in [0.3, 0.4) is 0 Å². The first kappa shape index (κ1) is 16.3. The number of hydrogen-bond donors (Lipinski definition) is 1. The van der Waals surface area contributed by atoms with E-state index in [4.69, 9.17) is 9.84 Å². The van der Waals surface area contributed by atoms with E-state index in [9.17, 15) is 9.59 Å². The van der Waals surface area contributed by atoms with E-state index in [1.54, 1.807) is 24.3 Å². The molecule has 2 heterocycles. The van der Waals surface area contributed by atoms with E-state index in [-0.39, 0.29) is 16.2 Å². The lowest BCUT2D eigenvalue weighted by atomic mass is 9.97. The number of aromatic carboxylic acids is 1. The summed E-state index contributed by atoms with van der Waals surface area (Å²) in [6, 6.07) is 6.56. The largest absolute Gasteiger partial charge is 0.478 e. The summed E-state index contributed by atoms with van der Waals surface area (Å²) in [5, 5.41) is 8.91. The zero-order chi connectivity index (χ0) is 16.3. The molecule has 0 atom stereocenters. The molecule has 0 unspecified atom stereocenters. The average molecular weight is 335 g/mol. The Labute approximate surface area is 140 Å².